The van der Waals surface area contributed by atoms with Gasteiger partial charge < -0.3 is 0 Å². The number of unbranched alkanes of at least 4 members (excludes halogenated alkanes) is 6. The second kappa shape index (κ2) is 8.28. The maximum atomic E-state index is 11.9. The van der Waals surface area contributed by atoms with Gasteiger partial charge in [-0.05, 0) is 19.8 Å². The molecule has 1 aliphatic heterocycles. The van der Waals surface area contributed by atoms with E-state index in [1.807, 2.05) is 6.92 Å². The predicted molar refractivity (Wildman–Crippen MR) is 73.2 cm³/mol. The summed E-state index contributed by atoms with van der Waals surface area (Å²) in [6.07, 6.45) is 10.4. The topological polar surface area (TPSA) is 37.4 Å². The fourth-order valence-corrected chi connectivity index (χ4v) is 2.57. The number of nitrogens with zero attached hydrogens (tertiary/aromatic N) is 1. The number of rotatable bonds is 8. The second-order valence-electron chi connectivity index (χ2n) is 5.42. The summed E-state index contributed by atoms with van der Waals surface area (Å²) >= 11 is 0. The predicted octanol–water partition coefficient (Wildman–Crippen LogP) is 3.66. The third-order valence-electron chi connectivity index (χ3n) is 3.75. The van der Waals surface area contributed by atoms with Crippen LogP contribution in [0.15, 0.2) is 0 Å². The van der Waals surface area contributed by atoms with Crippen molar-refractivity contribution in [3.63, 3.8) is 0 Å². The van der Waals surface area contributed by atoms with Crippen molar-refractivity contribution in [1.29, 1.82) is 0 Å². The average molecular weight is 253 g/mol. The van der Waals surface area contributed by atoms with Gasteiger partial charge in [0.1, 0.15) is 0 Å². The van der Waals surface area contributed by atoms with Crippen molar-refractivity contribution < 1.29 is 9.59 Å². The van der Waals surface area contributed by atoms with Crippen LogP contribution in [0.25, 0.3) is 0 Å². The van der Waals surface area contributed by atoms with Crippen molar-refractivity contribution in [2.75, 3.05) is 0 Å². The van der Waals surface area contributed by atoms with Crippen LogP contribution in [0.5, 0.6) is 0 Å². The molecule has 1 aliphatic rings. The Hall–Kier alpha value is -0.860. The van der Waals surface area contributed by atoms with Gasteiger partial charge in [-0.2, -0.15) is 0 Å². The summed E-state index contributed by atoms with van der Waals surface area (Å²) in [6.45, 7) is 4.18. The molecule has 104 valence electrons. The molecule has 1 atom stereocenters. The lowest BCUT2D eigenvalue weighted by Crippen LogP contribution is -2.36. The van der Waals surface area contributed by atoms with E-state index < -0.39 is 0 Å². The van der Waals surface area contributed by atoms with Gasteiger partial charge in [-0.25, -0.2) is 0 Å². The molecule has 18 heavy (non-hydrogen) atoms. The lowest BCUT2D eigenvalue weighted by Gasteiger charge is -2.19. The van der Waals surface area contributed by atoms with E-state index in [0.29, 0.717) is 12.8 Å². The third-order valence-corrected chi connectivity index (χ3v) is 3.75. The number of carbonyl (C=O) groups excluding carboxylic acids is 2. The molecule has 0 spiro atoms. The Balaban J connectivity index is 2.08. The zero-order chi connectivity index (χ0) is 13.4. The van der Waals surface area contributed by atoms with Crippen LogP contribution in [0.2, 0.25) is 0 Å². The number of likely N-dealkylation sites (tertiary alicyclic amines) is 1. The molecule has 0 aromatic heterocycles. The molecule has 1 rings (SSSR count). The number of hydrogen-bond acceptors (Lipinski definition) is 2. The molecule has 1 saturated heterocycles. The van der Waals surface area contributed by atoms with Crippen molar-refractivity contribution in [2.45, 2.75) is 84.1 Å². The normalized spacial score (nSPS) is 19.6. The summed E-state index contributed by atoms with van der Waals surface area (Å²) in [5.74, 6) is 0.0639. The summed E-state index contributed by atoms with van der Waals surface area (Å²) in [4.78, 5) is 24.9. The lowest BCUT2D eigenvalue weighted by atomic mass is 10.1. The van der Waals surface area contributed by atoms with Gasteiger partial charge in [0, 0.05) is 18.9 Å². The van der Waals surface area contributed by atoms with E-state index in [0.717, 1.165) is 19.3 Å². The van der Waals surface area contributed by atoms with Crippen LogP contribution in [0, 0.1) is 0 Å². The first kappa shape index (κ1) is 15.2. The van der Waals surface area contributed by atoms with E-state index in [1.165, 1.54) is 37.0 Å². The molecule has 0 radical (unpaired) electrons. The van der Waals surface area contributed by atoms with Crippen LogP contribution < -0.4 is 0 Å². The van der Waals surface area contributed by atoms with Gasteiger partial charge in [0.25, 0.3) is 0 Å². The van der Waals surface area contributed by atoms with Gasteiger partial charge >= 0.3 is 0 Å². The van der Waals surface area contributed by atoms with Crippen LogP contribution >= 0.6 is 0 Å². The second-order valence-corrected chi connectivity index (χ2v) is 5.42. The van der Waals surface area contributed by atoms with E-state index in [2.05, 4.69) is 6.92 Å². The Morgan fingerprint density at radius 2 is 1.78 bits per heavy atom. The molecule has 1 fully saturated rings. The maximum Gasteiger partial charge on any atom is 0.229 e. The Bertz CT molecular complexity index is 276. The standard InChI is InChI=1S/C15H27NO2/c1-3-4-5-6-7-8-9-10-14(17)16-13(2)11-12-15(16)18/h13H,3-12H2,1-2H3. The Labute approximate surface area is 111 Å². The van der Waals surface area contributed by atoms with Gasteiger partial charge in [0.2, 0.25) is 11.8 Å². The molecule has 3 nitrogen and oxygen atoms in total. The molecule has 0 aromatic carbocycles. The van der Waals surface area contributed by atoms with Crippen molar-refractivity contribution in [3.8, 4) is 0 Å². The van der Waals surface area contributed by atoms with Crippen LogP contribution in [0.4, 0.5) is 0 Å². The molecular formula is C15H27NO2. The van der Waals surface area contributed by atoms with Gasteiger partial charge in [-0.3, -0.25) is 14.5 Å². The van der Waals surface area contributed by atoms with Gasteiger partial charge in [0.15, 0.2) is 0 Å². The lowest BCUT2D eigenvalue weighted by molar-refractivity contribution is -0.143. The summed E-state index contributed by atoms with van der Waals surface area (Å²) < 4.78 is 0. The first-order valence-electron chi connectivity index (χ1n) is 7.51. The van der Waals surface area contributed by atoms with Crippen molar-refractivity contribution >= 4 is 11.8 Å². The third kappa shape index (κ3) is 4.79. The number of hydrogen-bond donors (Lipinski definition) is 0. The minimum Gasteiger partial charge on any atom is -0.280 e. The van der Waals surface area contributed by atoms with Crippen molar-refractivity contribution in [1.82, 2.24) is 4.90 Å². The minimum absolute atomic E-state index is 0.0236. The van der Waals surface area contributed by atoms with Gasteiger partial charge in [-0.1, -0.05) is 45.4 Å². The highest BCUT2D eigenvalue weighted by Gasteiger charge is 2.31. The van der Waals surface area contributed by atoms with E-state index in [4.69, 9.17) is 0 Å². The summed E-state index contributed by atoms with van der Waals surface area (Å²) in [6, 6.07) is 0.120. The molecule has 3 heteroatoms. The Morgan fingerprint density at radius 1 is 1.17 bits per heavy atom. The van der Waals surface area contributed by atoms with Crippen LogP contribution in [0.1, 0.15) is 78.1 Å². The Kier molecular flexibility index (Phi) is 6.99. The highest BCUT2D eigenvalue weighted by atomic mass is 16.2. The molecule has 1 heterocycles. The zero-order valence-electron chi connectivity index (χ0n) is 11.9. The van der Waals surface area contributed by atoms with Crippen LogP contribution in [-0.2, 0) is 9.59 Å². The van der Waals surface area contributed by atoms with E-state index >= 15 is 0 Å². The quantitative estimate of drug-likeness (QED) is 0.619. The summed E-state index contributed by atoms with van der Waals surface area (Å²) in [5.41, 5.74) is 0. The van der Waals surface area contributed by atoms with E-state index in [-0.39, 0.29) is 17.9 Å². The first-order valence-corrected chi connectivity index (χ1v) is 7.51. The highest BCUT2D eigenvalue weighted by Crippen LogP contribution is 2.20. The van der Waals surface area contributed by atoms with Crippen LogP contribution in [0.3, 0.4) is 0 Å². The maximum absolute atomic E-state index is 11.9. The SMILES string of the molecule is CCCCCCCCCC(=O)N1C(=O)CCC1C. The number of carbonyl (C=O) groups is 2. The highest BCUT2D eigenvalue weighted by molar-refractivity contribution is 5.97. The largest absolute Gasteiger partial charge is 0.280 e. The van der Waals surface area contributed by atoms with Crippen molar-refractivity contribution in [2.24, 2.45) is 0 Å². The van der Waals surface area contributed by atoms with E-state index in [9.17, 15) is 9.59 Å². The van der Waals surface area contributed by atoms with E-state index in [1.54, 1.807) is 0 Å². The fourth-order valence-electron chi connectivity index (χ4n) is 2.57. The smallest absolute Gasteiger partial charge is 0.229 e. The minimum atomic E-state index is 0.0236. The van der Waals surface area contributed by atoms with Gasteiger partial charge in [0.05, 0.1) is 0 Å². The van der Waals surface area contributed by atoms with Crippen molar-refractivity contribution in [3.05, 3.63) is 0 Å². The molecular weight excluding hydrogens is 226 g/mol. The molecule has 0 saturated carbocycles. The monoisotopic (exact) mass is 253 g/mol. The number of amides is 2. The Morgan fingerprint density at radius 3 is 2.33 bits per heavy atom. The summed E-state index contributed by atoms with van der Waals surface area (Å²) in [7, 11) is 0. The molecule has 0 N–H and O–H groups in total. The first-order chi connectivity index (χ1) is 8.66. The molecule has 0 aliphatic carbocycles. The average Bonchev–Trinajstić information content (AvgIpc) is 2.68. The number of imide groups is 1. The summed E-state index contributed by atoms with van der Waals surface area (Å²) in [5, 5.41) is 0. The zero-order valence-corrected chi connectivity index (χ0v) is 11.9. The van der Waals surface area contributed by atoms with Crippen LogP contribution in [-0.4, -0.2) is 22.8 Å². The molecule has 0 bridgehead atoms. The molecule has 1 unspecified atom stereocenters. The fraction of sp³-hybridized carbons (Fsp3) is 0.867. The molecule has 0 aromatic rings. The van der Waals surface area contributed by atoms with Gasteiger partial charge in [-0.15, -0.1) is 0 Å². The molecule has 2 amide bonds.